The molecule has 2 aromatic heterocycles. The van der Waals surface area contributed by atoms with Crippen molar-refractivity contribution in [2.75, 3.05) is 10.2 Å². The predicted molar refractivity (Wildman–Crippen MR) is 143 cm³/mol. The Balaban J connectivity index is 1.56. The Bertz CT molecular complexity index is 1390. The molecule has 0 aliphatic carbocycles. The molecule has 2 aromatic carbocycles. The lowest BCUT2D eigenvalue weighted by Gasteiger charge is -2.26. The van der Waals surface area contributed by atoms with Gasteiger partial charge in [0.15, 0.2) is 5.11 Å². The van der Waals surface area contributed by atoms with E-state index in [2.05, 4.69) is 15.6 Å². The number of nitrogens with zero attached hydrogens (tertiary/aromatic N) is 2. The number of amides is 1. The zero-order valence-corrected chi connectivity index (χ0v) is 20.9. The molecule has 9 heteroatoms. The van der Waals surface area contributed by atoms with E-state index >= 15 is 0 Å². The minimum absolute atomic E-state index is 0.131. The van der Waals surface area contributed by atoms with E-state index in [1.165, 1.54) is 6.92 Å². The number of rotatable bonds is 5. The summed E-state index contributed by atoms with van der Waals surface area (Å²) in [6.45, 7) is 1.47. The van der Waals surface area contributed by atoms with Crippen LogP contribution < -0.4 is 15.5 Å². The minimum atomic E-state index is -0.316. The first kappa shape index (κ1) is 23.4. The van der Waals surface area contributed by atoms with Crippen LogP contribution in [0.1, 0.15) is 30.5 Å². The van der Waals surface area contributed by atoms with Gasteiger partial charge in [0.05, 0.1) is 16.8 Å². The van der Waals surface area contributed by atoms with E-state index in [9.17, 15) is 4.79 Å². The Hall–Kier alpha value is -3.39. The number of carbonyl (C=O) groups excluding carboxylic acids is 1. The Morgan fingerprint density at radius 3 is 2.57 bits per heavy atom. The lowest BCUT2D eigenvalue weighted by Crippen LogP contribution is -2.29. The summed E-state index contributed by atoms with van der Waals surface area (Å²) >= 11 is 18.3. The molecule has 35 heavy (non-hydrogen) atoms. The van der Waals surface area contributed by atoms with Crippen molar-refractivity contribution < 1.29 is 9.21 Å². The number of thiocarbonyl (C=S) groups is 1. The van der Waals surface area contributed by atoms with Gasteiger partial charge in [-0.2, -0.15) is 0 Å². The normalized spacial score (nSPS) is 17.3. The van der Waals surface area contributed by atoms with Crippen LogP contribution in [0.25, 0.3) is 11.3 Å². The smallest absolute Gasteiger partial charge is 0.221 e. The van der Waals surface area contributed by atoms with Gasteiger partial charge in [0.2, 0.25) is 5.91 Å². The summed E-state index contributed by atoms with van der Waals surface area (Å²) < 4.78 is 6.35. The third-order valence-electron chi connectivity index (χ3n) is 5.68. The second-order valence-corrected chi connectivity index (χ2v) is 9.28. The van der Waals surface area contributed by atoms with Gasteiger partial charge in [-0.15, -0.1) is 0 Å². The summed E-state index contributed by atoms with van der Waals surface area (Å²) in [5, 5.41) is 7.79. The SMILES string of the molecule is CC(=O)Nc1ccc(N2C(=S)NC(c3ccccn3)C2c2ccc(-c3ccc(Cl)cc3Cl)o2)cc1. The third-order valence-corrected chi connectivity index (χ3v) is 6.54. The van der Waals surface area contributed by atoms with E-state index in [4.69, 9.17) is 39.8 Å². The number of pyridine rings is 1. The number of furan rings is 1. The molecule has 2 N–H and O–H groups in total. The Morgan fingerprint density at radius 2 is 1.89 bits per heavy atom. The van der Waals surface area contributed by atoms with Crippen molar-refractivity contribution in [1.29, 1.82) is 0 Å². The van der Waals surface area contributed by atoms with Gasteiger partial charge in [0.25, 0.3) is 0 Å². The van der Waals surface area contributed by atoms with Crippen LogP contribution in [0.5, 0.6) is 0 Å². The summed E-state index contributed by atoms with van der Waals surface area (Å²) in [4.78, 5) is 18.0. The molecule has 0 bridgehead atoms. The molecule has 4 aromatic rings. The van der Waals surface area contributed by atoms with E-state index in [-0.39, 0.29) is 18.0 Å². The largest absolute Gasteiger partial charge is 0.459 e. The second kappa shape index (κ2) is 9.70. The van der Waals surface area contributed by atoms with Crippen LogP contribution in [0, 0.1) is 0 Å². The monoisotopic (exact) mass is 522 g/mol. The highest BCUT2D eigenvalue weighted by Crippen LogP contribution is 2.43. The van der Waals surface area contributed by atoms with E-state index in [0.717, 1.165) is 16.9 Å². The van der Waals surface area contributed by atoms with E-state index in [1.54, 1.807) is 18.3 Å². The molecule has 2 atom stereocenters. The average molecular weight is 523 g/mol. The highest BCUT2D eigenvalue weighted by molar-refractivity contribution is 7.80. The van der Waals surface area contributed by atoms with Gasteiger partial charge in [0, 0.05) is 35.1 Å². The van der Waals surface area contributed by atoms with E-state index < -0.39 is 0 Å². The van der Waals surface area contributed by atoms with Gasteiger partial charge < -0.3 is 20.0 Å². The van der Waals surface area contributed by atoms with Crippen LogP contribution in [0.15, 0.2) is 83.4 Å². The van der Waals surface area contributed by atoms with Gasteiger partial charge >= 0.3 is 0 Å². The minimum Gasteiger partial charge on any atom is -0.459 e. The van der Waals surface area contributed by atoms with Crippen molar-refractivity contribution in [3.63, 3.8) is 0 Å². The summed E-state index contributed by atoms with van der Waals surface area (Å²) in [5.41, 5.74) is 3.13. The maximum atomic E-state index is 11.4. The first-order valence-corrected chi connectivity index (χ1v) is 12.0. The molecule has 0 saturated carbocycles. The standard InChI is InChI=1S/C26H20Cl2N4O2S/c1-15(33)30-17-6-8-18(9-7-17)32-25(24(31-26(32)35)21-4-2-3-13-29-21)23-12-11-22(34-23)19-10-5-16(27)14-20(19)28/h2-14,24-25H,1H3,(H,30,33)(H,31,35). The highest BCUT2D eigenvalue weighted by atomic mass is 35.5. The number of halogens is 2. The number of aromatic nitrogens is 1. The van der Waals surface area contributed by atoms with Crippen LogP contribution in [0.2, 0.25) is 10.0 Å². The van der Waals surface area contributed by atoms with Crippen LogP contribution in [0.4, 0.5) is 11.4 Å². The van der Waals surface area contributed by atoms with E-state index in [1.807, 2.05) is 65.6 Å². The van der Waals surface area contributed by atoms with Crippen molar-refractivity contribution in [2.45, 2.75) is 19.0 Å². The zero-order chi connectivity index (χ0) is 24.5. The molecular weight excluding hydrogens is 503 g/mol. The van der Waals surface area contributed by atoms with E-state index in [0.29, 0.717) is 32.4 Å². The lowest BCUT2D eigenvalue weighted by molar-refractivity contribution is -0.114. The molecular formula is C26H20Cl2N4O2S. The van der Waals surface area contributed by atoms with Gasteiger partial charge in [-0.3, -0.25) is 9.78 Å². The Morgan fingerprint density at radius 1 is 1.09 bits per heavy atom. The van der Waals surface area contributed by atoms with Crippen LogP contribution >= 0.6 is 35.4 Å². The molecule has 1 amide bonds. The fourth-order valence-electron chi connectivity index (χ4n) is 4.18. The Kier molecular flexibility index (Phi) is 6.47. The number of carbonyl (C=O) groups is 1. The number of anilines is 2. The zero-order valence-electron chi connectivity index (χ0n) is 18.5. The number of hydrogen-bond donors (Lipinski definition) is 2. The van der Waals surface area contributed by atoms with Crippen molar-refractivity contribution in [3.05, 3.63) is 100 Å². The van der Waals surface area contributed by atoms with Crippen molar-refractivity contribution in [2.24, 2.45) is 0 Å². The lowest BCUT2D eigenvalue weighted by atomic mass is 10.0. The van der Waals surface area contributed by atoms with Crippen molar-refractivity contribution in [3.8, 4) is 11.3 Å². The summed E-state index contributed by atoms with van der Waals surface area (Å²) in [5.74, 6) is 1.19. The summed E-state index contributed by atoms with van der Waals surface area (Å²) in [7, 11) is 0. The number of nitrogens with one attached hydrogen (secondary N) is 2. The topological polar surface area (TPSA) is 70.4 Å². The first-order chi connectivity index (χ1) is 16.9. The predicted octanol–water partition coefficient (Wildman–Crippen LogP) is 6.78. The molecule has 2 unspecified atom stereocenters. The van der Waals surface area contributed by atoms with Crippen molar-refractivity contribution in [1.82, 2.24) is 10.3 Å². The molecule has 1 fully saturated rings. The Labute approximate surface area is 217 Å². The maximum absolute atomic E-state index is 11.4. The number of benzene rings is 2. The second-order valence-electron chi connectivity index (χ2n) is 8.05. The van der Waals surface area contributed by atoms with Crippen LogP contribution in [0.3, 0.4) is 0 Å². The van der Waals surface area contributed by atoms with Crippen LogP contribution in [-0.2, 0) is 4.79 Å². The number of hydrogen-bond acceptors (Lipinski definition) is 4. The molecule has 1 aliphatic rings. The quantitative estimate of drug-likeness (QED) is 0.281. The maximum Gasteiger partial charge on any atom is 0.221 e. The molecule has 1 aliphatic heterocycles. The van der Waals surface area contributed by atoms with Gasteiger partial charge in [0.1, 0.15) is 17.6 Å². The first-order valence-electron chi connectivity index (χ1n) is 10.8. The van der Waals surface area contributed by atoms with Gasteiger partial charge in [-0.25, -0.2) is 0 Å². The summed E-state index contributed by atoms with van der Waals surface area (Å²) in [6, 6.07) is 21.8. The fraction of sp³-hybridized carbons (Fsp3) is 0.115. The molecule has 6 nitrogen and oxygen atoms in total. The third kappa shape index (κ3) is 4.75. The van der Waals surface area contributed by atoms with Gasteiger partial charge in [-0.05, 0) is 78.9 Å². The molecule has 3 heterocycles. The molecule has 176 valence electrons. The summed E-state index contributed by atoms with van der Waals surface area (Å²) in [6.07, 6.45) is 1.75. The molecule has 0 radical (unpaired) electrons. The molecule has 5 rings (SSSR count). The molecule has 1 saturated heterocycles. The van der Waals surface area contributed by atoms with Gasteiger partial charge in [-0.1, -0.05) is 29.3 Å². The average Bonchev–Trinajstić information content (AvgIpc) is 3.44. The van der Waals surface area contributed by atoms with Crippen LogP contribution in [-0.4, -0.2) is 16.0 Å². The molecule has 0 spiro atoms. The fourth-order valence-corrected chi connectivity index (χ4v) is 5.02. The van der Waals surface area contributed by atoms with Crippen molar-refractivity contribution >= 4 is 57.8 Å². The highest BCUT2D eigenvalue weighted by Gasteiger charge is 2.42.